The van der Waals surface area contributed by atoms with Crippen LogP contribution in [0.25, 0.3) is 11.4 Å². The Hall–Kier alpha value is -1.89. The van der Waals surface area contributed by atoms with Crippen LogP contribution in [0.1, 0.15) is 38.1 Å². The molecule has 2 heterocycles. The smallest absolute Gasteiger partial charge is 0.236 e. The molecule has 0 spiro atoms. The van der Waals surface area contributed by atoms with Crippen molar-refractivity contribution in [2.75, 3.05) is 13.1 Å². The van der Waals surface area contributed by atoms with E-state index in [0.29, 0.717) is 34.5 Å². The summed E-state index contributed by atoms with van der Waals surface area (Å²) in [6.07, 6.45) is 2.15. The molecular weight excluding hydrogens is 353 g/mol. The Bertz CT molecular complexity index is 772. The molecule has 0 radical (unpaired) electrons. The molecule has 3 rings (SSSR count). The second kappa shape index (κ2) is 8.20. The second-order valence-electron chi connectivity index (χ2n) is 6.94. The van der Waals surface area contributed by atoms with Crippen LogP contribution in [-0.4, -0.2) is 39.3 Å². The van der Waals surface area contributed by atoms with Gasteiger partial charge < -0.3 is 9.42 Å². The summed E-state index contributed by atoms with van der Waals surface area (Å²) >= 11 is 1.48. The lowest BCUT2D eigenvalue weighted by atomic mass is 9.99. The van der Waals surface area contributed by atoms with Gasteiger partial charge in [-0.25, -0.2) is 4.39 Å². The quantitative estimate of drug-likeness (QED) is 0.786. The van der Waals surface area contributed by atoms with Crippen molar-refractivity contribution in [3.05, 3.63) is 35.5 Å². The number of likely N-dealkylation sites (tertiary alicyclic amines) is 1. The predicted octanol–water partition coefficient (Wildman–Crippen LogP) is 4.06. The summed E-state index contributed by atoms with van der Waals surface area (Å²) in [5.74, 6) is 1.84. The highest BCUT2D eigenvalue weighted by atomic mass is 32.2. The summed E-state index contributed by atoms with van der Waals surface area (Å²) in [5, 5.41) is 3.76. The number of carbonyl (C=O) groups excluding carboxylic acids is 1. The number of halogens is 1. The zero-order valence-electron chi connectivity index (χ0n) is 15.4. The van der Waals surface area contributed by atoms with Crippen molar-refractivity contribution >= 4 is 17.7 Å². The van der Waals surface area contributed by atoms with Crippen molar-refractivity contribution in [1.29, 1.82) is 0 Å². The second-order valence-corrected chi connectivity index (χ2v) is 8.27. The molecule has 140 valence electrons. The zero-order valence-corrected chi connectivity index (χ0v) is 16.2. The highest BCUT2D eigenvalue weighted by Gasteiger charge is 2.25. The van der Waals surface area contributed by atoms with Gasteiger partial charge in [-0.2, -0.15) is 4.98 Å². The van der Waals surface area contributed by atoms with Crippen LogP contribution in [0.5, 0.6) is 0 Å². The first-order valence-electron chi connectivity index (χ1n) is 8.93. The van der Waals surface area contributed by atoms with Crippen LogP contribution in [0.2, 0.25) is 0 Å². The molecule has 0 bridgehead atoms. The average molecular weight is 377 g/mol. The topological polar surface area (TPSA) is 59.2 Å². The fraction of sp³-hybridized carbons (Fsp3) is 0.526. The first kappa shape index (κ1) is 18.9. The largest absolute Gasteiger partial charge is 0.342 e. The Labute approximate surface area is 157 Å². The number of hydrogen-bond acceptors (Lipinski definition) is 5. The lowest BCUT2D eigenvalue weighted by Crippen LogP contribution is -2.41. The summed E-state index contributed by atoms with van der Waals surface area (Å²) in [6, 6.07) is 4.86. The van der Waals surface area contributed by atoms with Gasteiger partial charge in [0.2, 0.25) is 17.6 Å². The lowest BCUT2D eigenvalue weighted by molar-refractivity contribution is -0.131. The van der Waals surface area contributed by atoms with Crippen LogP contribution in [-0.2, 0) is 10.5 Å². The number of amides is 1. The third-order valence-electron chi connectivity index (χ3n) is 4.80. The molecule has 1 aliphatic heterocycles. The third-order valence-corrected chi connectivity index (χ3v) is 5.91. The molecule has 1 unspecified atom stereocenters. The highest BCUT2D eigenvalue weighted by Crippen LogP contribution is 2.24. The van der Waals surface area contributed by atoms with Gasteiger partial charge in [0.15, 0.2) is 0 Å². The number of hydrogen-bond donors (Lipinski definition) is 0. The highest BCUT2D eigenvalue weighted by molar-refractivity contribution is 7.99. The van der Waals surface area contributed by atoms with Crippen molar-refractivity contribution in [3.63, 3.8) is 0 Å². The Morgan fingerprint density at radius 3 is 2.85 bits per heavy atom. The van der Waals surface area contributed by atoms with Crippen LogP contribution >= 0.6 is 11.8 Å². The van der Waals surface area contributed by atoms with Crippen LogP contribution in [0.15, 0.2) is 22.7 Å². The molecule has 1 atom stereocenters. The molecule has 0 aliphatic carbocycles. The summed E-state index contributed by atoms with van der Waals surface area (Å²) < 4.78 is 18.9. The Kier molecular flexibility index (Phi) is 5.96. The summed E-state index contributed by atoms with van der Waals surface area (Å²) in [6.45, 7) is 7.53. The molecule has 1 saturated heterocycles. The van der Waals surface area contributed by atoms with Crippen LogP contribution in [0.3, 0.4) is 0 Å². The van der Waals surface area contributed by atoms with Gasteiger partial charge in [-0.05, 0) is 44.2 Å². The van der Waals surface area contributed by atoms with E-state index in [1.54, 1.807) is 19.1 Å². The lowest BCUT2D eigenvalue weighted by Gasteiger charge is -2.32. The van der Waals surface area contributed by atoms with Crippen molar-refractivity contribution in [3.8, 4) is 11.4 Å². The van der Waals surface area contributed by atoms with E-state index in [9.17, 15) is 9.18 Å². The number of nitrogens with zero attached hydrogens (tertiary/aromatic N) is 3. The standard InChI is InChI=1S/C19H24FN3O2S/c1-12-6-8-23(9-7-12)19(24)14(3)26-11-17-21-18(22-25-17)15-5-4-13(2)16(20)10-15/h4-5,10,12,14H,6-9,11H2,1-3H3. The van der Waals surface area contributed by atoms with Crippen molar-refractivity contribution in [2.24, 2.45) is 5.92 Å². The molecule has 5 nitrogen and oxygen atoms in total. The van der Waals surface area contributed by atoms with Gasteiger partial charge in [0.25, 0.3) is 0 Å². The fourth-order valence-corrected chi connectivity index (χ4v) is 3.72. The first-order valence-corrected chi connectivity index (χ1v) is 9.98. The minimum atomic E-state index is -0.293. The third kappa shape index (κ3) is 4.44. The molecule has 7 heteroatoms. The summed E-state index contributed by atoms with van der Waals surface area (Å²) in [4.78, 5) is 18.8. The normalized spacial score (nSPS) is 16.7. The maximum atomic E-state index is 13.7. The maximum Gasteiger partial charge on any atom is 0.236 e. The van der Waals surface area contributed by atoms with E-state index in [0.717, 1.165) is 25.9 Å². The summed E-state index contributed by atoms with van der Waals surface area (Å²) in [7, 11) is 0. The fourth-order valence-electron chi connectivity index (χ4n) is 2.92. The number of carbonyl (C=O) groups is 1. The molecule has 26 heavy (non-hydrogen) atoms. The molecule has 1 aromatic heterocycles. The Morgan fingerprint density at radius 1 is 1.42 bits per heavy atom. The molecular formula is C19H24FN3O2S. The summed E-state index contributed by atoms with van der Waals surface area (Å²) in [5.41, 5.74) is 1.16. The van der Waals surface area contributed by atoms with Gasteiger partial charge in [-0.3, -0.25) is 4.79 Å². The van der Waals surface area contributed by atoms with E-state index < -0.39 is 0 Å². The maximum absolute atomic E-state index is 13.7. The number of piperidine rings is 1. The van der Waals surface area contributed by atoms with Gasteiger partial charge in [0.1, 0.15) is 5.82 Å². The van der Waals surface area contributed by atoms with Crippen LogP contribution in [0, 0.1) is 18.7 Å². The number of benzene rings is 1. The predicted molar refractivity (Wildman–Crippen MR) is 100 cm³/mol. The first-order chi connectivity index (χ1) is 12.4. The number of thioether (sulfide) groups is 1. The van der Waals surface area contributed by atoms with E-state index in [1.165, 1.54) is 17.8 Å². The minimum absolute atomic E-state index is 0.157. The van der Waals surface area contributed by atoms with E-state index >= 15 is 0 Å². The van der Waals surface area contributed by atoms with Crippen molar-refractivity contribution in [1.82, 2.24) is 15.0 Å². The van der Waals surface area contributed by atoms with E-state index in [-0.39, 0.29) is 17.0 Å². The molecule has 1 aromatic carbocycles. The Balaban J connectivity index is 1.55. The van der Waals surface area contributed by atoms with Crippen molar-refractivity contribution in [2.45, 2.75) is 44.6 Å². The molecule has 0 N–H and O–H groups in total. The van der Waals surface area contributed by atoms with Crippen LogP contribution < -0.4 is 0 Å². The zero-order chi connectivity index (χ0) is 18.7. The van der Waals surface area contributed by atoms with Gasteiger partial charge in [-0.1, -0.05) is 24.2 Å². The molecule has 0 saturated carbocycles. The molecule has 1 amide bonds. The number of aryl methyl sites for hydroxylation is 1. The molecule has 2 aromatic rings. The molecule has 1 fully saturated rings. The monoisotopic (exact) mass is 377 g/mol. The van der Waals surface area contributed by atoms with E-state index in [1.807, 2.05) is 11.8 Å². The number of aromatic nitrogens is 2. The Morgan fingerprint density at radius 2 is 2.15 bits per heavy atom. The SMILES string of the molecule is Cc1ccc(-c2noc(CSC(C)C(=O)N3CCC(C)CC3)n2)cc1F. The molecule has 1 aliphatic rings. The van der Waals surface area contributed by atoms with Gasteiger partial charge in [-0.15, -0.1) is 11.8 Å². The average Bonchev–Trinajstić information content (AvgIpc) is 3.11. The van der Waals surface area contributed by atoms with Gasteiger partial charge in [0, 0.05) is 18.7 Å². The van der Waals surface area contributed by atoms with Crippen molar-refractivity contribution < 1.29 is 13.7 Å². The minimum Gasteiger partial charge on any atom is -0.342 e. The van der Waals surface area contributed by atoms with Gasteiger partial charge in [0.05, 0.1) is 11.0 Å². The van der Waals surface area contributed by atoms with E-state index in [4.69, 9.17) is 4.52 Å². The van der Waals surface area contributed by atoms with Gasteiger partial charge >= 0.3 is 0 Å². The van der Waals surface area contributed by atoms with Crippen LogP contribution in [0.4, 0.5) is 4.39 Å². The van der Waals surface area contributed by atoms with E-state index in [2.05, 4.69) is 17.1 Å². The number of rotatable bonds is 5.